The summed E-state index contributed by atoms with van der Waals surface area (Å²) >= 11 is 5.84. The van der Waals surface area contributed by atoms with Gasteiger partial charge in [-0.3, -0.25) is 19.3 Å². The molecule has 0 saturated heterocycles. The standard InChI is InChI=1S/C25H22ClFN6O3/c1-13(15-4-6-20-19(10-15)31-21(34)12-36-20)30-24-22-23(33(2)32-24)16(7-8-28-22)25(35)29-11-14-3-5-18(27)17(26)9-14/h3-10,13H,11-12H2,1-2H3,(H,29,35)(H,30,32)(H,31,34). The van der Waals surface area contributed by atoms with Crippen LogP contribution in [-0.4, -0.2) is 33.2 Å². The number of aryl methyl sites for hydroxylation is 1. The fourth-order valence-corrected chi connectivity index (χ4v) is 4.27. The Morgan fingerprint density at radius 1 is 1.28 bits per heavy atom. The van der Waals surface area contributed by atoms with Gasteiger partial charge in [0.15, 0.2) is 12.4 Å². The number of aromatic nitrogens is 3. The maximum absolute atomic E-state index is 13.4. The van der Waals surface area contributed by atoms with Crippen molar-refractivity contribution in [1.29, 1.82) is 0 Å². The summed E-state index contributed by atoms with van der Waals surface area (Å²) < 4.78 is 20.4. The number of nitrogens with zero attached hydrogens (tertiary/aromatic N) is 3. The highest BCUT2D eigenvalue weighted by molar-refractivity contribution is 6.30. The number of rotatable bonds is 6. The number of pyridine rings is 1. The molecule has 3 N–H and O–H groups in total. The van der Waals surface area contributed by atoms with E-state index in [9.17, 15) is 14.0 Å². The zero-order valence-corrected chi connectivity index (χ0v) is 20.2. The van der Waals surface area contributed by atoms with Gasteiger partial charge in [-0.05, 0) is 48.4 Å². The van der Waals surface area contributed by atoms with Crippen LogP contribution >= 0.6 is 11.6 Å². The number of fused-ring (bicyclic) bond motifs is 2. The first-order valence-electron chi connectivity index (χ1n) is 11.2. The Hall–Kier alpha value is -4.18. The topological polar surface area (TPSA) is 110 Å². The van der Waals surface area contributed by atoms with Crippen LogP contribution in [0.15, 0.2) is 48.7 Å². The minimum Gasteiger partial charge on any atom is -0.482 e. The van der Waals surface area contributed by atoms with Crippen LogP contribution in [0.1, 0.15) is 34.5 Å². The summed E-state index contributed by atoms with van der Waals surface area (Å²) in [4.78, 5) is 29.1. The molecule has 1 unspecified atom stereocenters. The molecular formula is C25H22ClFN6O3. The molecule has 1 aliphatic rings. The van der Waals surface area contributed by atoms with Crippen LogP contribution in [-0.2, 0) is 18.4 Å². The third kappa shape index (κ3) is 4.55. The zero-order chi connectivity index (χ0) is 25.4. The highest BCUT2D eigenvalue weighted by Crippen LogP contribution is 2.32. The highest BCUT2D eigenvalue weighted by Gasteiger charge is 2.21. The van der Waals surface area contributed by atoms with E-state index in [0.717, 1.165) is 5.56 Å². The van der Waals surface area contributed by atoms with Crippen LogP contribution < -0.4 is 20.7 Å². The number of amides is 2. The largest absolute Gasteiger partial charge is 0.482 e. The second-order valence-electron chi connectivity index (χ2n) is 8.42. The minimum absolute atomic E-state index is 0.000694. The molecule has 2 aromatic heterocycles. The van der Waals surface area contributed by atoms with Gasteiger partial charge in [-0.25, -0.2) is 4.39 Å². The van der Waals surface area contributed by atoms with Crippen molar-refractivity contribution in [3.8, 4) is 5.75 Å². The molecule has 184 valence electrons. The lowest BCUT2D eigenvalue weighted by Crippen LogP contribution is -2.25. The van der Waals surface area contributed by atoms with Crippen LogP contribution in [0.25, 0.3) is 11.0 Å². The molecule has 2 amide bonds. The van der Waals surface area contributed by atoms with E-state index in [2.05, 4.69) is 26.0 Å². The predicted octanol–water partition coefficient (Wildman–Crippen LogP) is 4.19. The lowest BCUT2D eigenvalue weighted by molar-refractivity contribution is -0.118. The number of ether oxygens (including phenoxy) is 1. The number of benzene rings is 2. The first-order chi connectivity index (χ1) is 17.3. The minimum atomic E-state index is -0.514. The molecule has 1 aliphatic heterocycles. The van der Waals surface area contributed by atoms with E-state index < -0.39 is 5.82 Å². The quantitative estimate of drug-likeness (QED) is 0.360. The molecule has 4 aromatic rings. The van der Waals surface area contributed by atoms with Crippen LogP contribution in [0.5, 0.6) is 5.75 Å². The van der Waals surface area contributed by atoms with Crippen molar-refractivity contribution in [3.05, 3.63) is 76.2 Å². The van der Waals surface area contributed by atoms with Gasteiger partial charge in [-0.15, -0.1) is 0 Å². The van der Waals surface area contributed by atoms with E-state index in [1.165, 1.54) is 12.1 Å². The number of hydrogen-bond donors (Lipinski definition) is 3. The van der Waals surface area contributed by atoms with E-state index >= 15 is 0 Å². The Balaban J connectivity index is 1.37. The van der Waals surface area contributed by atoms with Crippen molar-refractivity contribution in [1.82, 2.24) is 20.1 Å². The molecular weight excluding hydrogens is 487 g/mol. The maximum Gasteiger partial charge on any atom is 0.262 e. The third-order valence-corrected chi connectivity index (χ3v) is 6.18. The average molecular weight is 509 g/mol. The number of hydrogen-bond acceptors (Lipinski definition) is 6. The Kier molecular flexibility index (Phi) is 6.19. The number of carbonyl (C=O) groups excluding carboxylic acids is 2. The maximum atomic E-state index is 13.4. The molecule has 0 aliphatic carbocycles. The Morgan fingerprint density at radius 2 is 2.11 bits per heavy atom. The monoisotopic (exact) mass is 508 g/mol. The van der Waals surface area contributed by atoms with Gasteiger partial charge in [-0.2, -0.15) is 5.10 Å². The van der Waals surface area contributed by atoms with E-state index in [0.29, 0.717) is 39.4 Å². The van der Waals surface area contributed by atoms with Gasteiger partial charge in [0.05, 0.1) is 22.3 Å². The van der Waals surface area contributed by atoms with Crippen molar-refractivity contribution in [3.63, 3.8) is 0 Å². The van der Waals surface area contributed by atoms with E-state index in [4.69, 9.17) is 16.3 Å². The van der Waals surface area contributed by atoms with E-state index in [1.807, 2.05) is 25.1 Å². The molecule has 0 bridgehead atoms. The van der Waals surface area contributed by atoms with Gasteiger partial charge in [0.25, 0.3) is 11.8 Å². The zero-order valence-electron chi connectivity index (χ0n) is 19.4. The van der Waals surface area contributed by atoms with Gasteiger partial charge in [-0.1, -0.05) is 23.7 Å². The number of carbonyl (C=O) groups is 2. The Morgan fingerprint density at radius 3 is 2.92 bits per heavy atom. The van der Waals surface area contributed by atoms with Crippen molar-refractivity contribution >= 4 is 46.0 Å². The summed E-state index contributed by atoms with van der Waals surface area (Å²) in [6.45, 7) is 2.14. The molecule has 5 rings (SSSR count). The molecule has 0 fully saturated rings. The van der Waals surface area contributed by atoms with Gasteiger partial charge in [0.2, 0.25) is 0 Å². The molecule has 36 heavy (non-hydrogen) atoms. The molecule has 0 spiro atoms. The summed E-state index contributed by atoms with van der Waals surface area (Å²) in [5.41, 5.74) is 3.70. The molecule has 2 aromatic carbocycles. The number of nitrogens with one attached hydrogen (secondary N) is 3. The van der Waals surface area contributed by atoms with Gasteiger partial charge in [0, 0.05) is 19.8 Å². The normalized spacial score (nSPS) is 13.5. The molecule has 1 atom stereocenters. The average Bonchev–Trinajstić information content (AvgIpc) is 3.19. The molecule has 11 heteroatoms. The van der Waals surface area contributed by atoms with Crippen LogP contribution in [0, 0.1) is 5.82 Å². The van der Waals surface area contributed by atoms with Crippen molar-refractivity contribution in [2.45, 2.75) is 19.5 Å². The van der Waals surface area contributed by atoms with Gasteiger partial charge < -0.3 is 20.7 Å². The third-order valence-electron chi connectivity index (χ3n) is 5.89. The van der Waals surface area contributed by atoms with Crippen molar-refractivity contribution < 1.29 is 18.7 Å². The van der Waals surface area contributed by atoms with Gasteiger partial charge >= 0.3 is 0 Å². The summed E-state index contributed by atoms with van der Waals surface area (Å²) in [6, 6.07) is 11.3. The Bertz CT molecular complexity index is 1500. The van der Waals surface area contributed by atoms with Gasteiger partial charge in [0.1, 0.15) is 22.6 Å². The summed E-state index contributed by atoms with van der Waals surface area (Å²) in [7, 11) is 1.74. The SMILES string of the molecule is CC(Nc1nn(C)c2c(C(=O)NCc3ccc(F)c(Cl)c3)ccnc12)c1ccc2c(c1)NC(=O)CO2. The fourth-order valence-electron chi connectivity index (χ4n) is 4.07. The molecule has 0 saturated carbocycles. The lowest BCUT2D eigenvalue weighted by Gasteiger charge is -2.20. The van der Waals surface area contributed by atoms with Crippen molar-refractivity contribution in [2.75, 3.05) is 17.2 Å². The lowest BCUT2D eigenvalue weighted by atomic mass is 10.1. The first kappa shape index (κ1) is 23.6. The van der Waals surface area contributed by atoms with Crippen LogP contribution in [0.2, 0.25) is 5.02 Å². The van der Waals surface area contributed by atoms with Crippen LogP contribution in [0.4, 0.5) is 15.9 Å². The first-order valence-corrected chi connectivity index (χ1v) is 11.5. The fraction of sp³-hybridized carbons (Fsp3) is 0.200. The number of halogens is 2. The summed E-state index contributed by atoms with van der Waals surface area (Å²) in [6.07, 6.45) is 1.55. The summed E-state index contributed by atoms with van der Waals surface area (Å²) in [5, 5.41) is 13.5. The second kappa shape index (κ2) is 9.46. The van der Waals surface area contributed by atoms with E-state index in [1.54, 1.807) is 30.1 Å². The van der Waals surface area contributed by atoms with E-state index in [-0.39, 0.29) is 36.0 Å². The molecule has 3 heterocycles. The number of anilines is 2. The summed E-state index contributed by atoms with van der Waals surface area (Å²) in [5.74, 6) is 0.0941. The predicted molar refractivity (Wildman–Crippen MR) is 134 cm³/mol. The van der Waals surface area contributed by atoms with Crippen molar-refractivity contribution in [2.24, 2.45) is 7.05 Å². The molecule has 0 radical (unpaired) electrons. The second-order valence-corrected chi connectivity index (χ2v) is 8.82. The van der Waals surface area contributed by atoms with Crippen LogP contribution in [0.3, 0.4) is 0 Å². The smallest absolute Gasteiger partial charge is 0.262 e. The molecule has 9 nitrogen and oxygen atoms in total. The highest BCUT2D eigenvalue weighted by atomic mass is 35.5. The Labute approximate surface area is 210 Å².